The van der Waals surface area contributed by atoms with Crippen molar-refractivity contribution >= 4 is 10.8 Å². The number of furan rings is 1. The molecular formula is C16H16N2O. The predicted octanol–water partition coefficient (Wildman–Crippen LogP) is 3.45. The Morgan fingerprint density at radius 1 is 1.16 bits per heavy atom. The van der Waals surface area contributed by atoms with E-state index < -0.39 is 0 Å². The number of hydrogen-bond donors (Lipinski definition) is 1. The molecule has 0 bridgehead atoms. The molecule has 0 saturated heterocycles. The third-order valence-corrected chi connectivity index (χ3v) is 3.36. The molecule has 0 amide bonds. The van der Waals surface area contributed by atoms with E-state index >= 15 is 0 Å². The van der Waals surface area contributed by atoms with E-state index in [1.54, 1.807) is 0 Å². The maximum Gasteiger partial charge on any atom is 0.125 e. The first-order chi connectivity index (χ1) is 9.29. The SMILES string of the molecule is CNC(c1ccc(C)o1)c1cccc2cnccc12. The van der Waals surface area contributed by atoms with Gasteiger partial charge < -0.3 is 9.73 Å². The molecule has 0 saturated carbocycles. The summed E-state index contributed by atoms with van der Waals surface area (Å²) in [4.78, 5) is 4.17. The van der Waals surface area contributed by atoms with Gasteiger partial charge in [0.2, 0.25) is 0 Å². The van der Waals surface area contributed by atoms with Gasteiger partial charge in [0.05, 0.1) is 6.04 Å². The predicted molar refractivity (Wildman–Crippen MR) is 76.1 cm³/mol. The van der Waals surface area contributed by atoms with E-state index in [4.69, 9.17) is 4.42 Å². The zero-order valence-corrected chi connectivity index (χ0v) is 11.1. The number of hydrogen-bond acceptors (Lipinski definition) is 3. The Labute approximate surface area is 112 Å². The van der Waals surface area contributed by atoms with Gasteiger partial charge in [-0.15, -0.1) is 0 Å². The Kier molecular flexibility index (Phi) is 3.05. The molecule has 3 nitrogen and oxygen atoms in total. The molecule has 1 aromatic carbocycles. The highest BCUT2D eigenvalue weighted by Crippen LogP contribution is 2.29. The molecule has 0 radical (unpaired) electrons. The average Bonchev–Trinajstić information content (AvgIpc) is 2.86. The van der Waals surface area contributed by atoms with Crippen molar-refractivity contribution in [3.05, 3.63) is 65.9 Å². The molecule has 0 aliphatic carbocycles. The molecule has 0 aliphatic heterocycles. The summed E-state index contributed by atoms with van der Waals surface area (Å²) >= 11 is 0. The Hall–Kier alpha value is -2.13. The first-order valence-corrected chi connectivity index (χ1v) is 6.36. The van der Waals surface area contributed by atoms with E-state index in [2.05, 4.69) is 28.5 Å². The highest BCUT2D eigenvalue weighted by atomic mass is 16.3. The standard InChI is InChI=1S/C16H16N2O/c1-11-6-7-15(19-11)16(17-2)14-5-3-4-12-10-18-9-8-13(12)14/h3-10,16-17H,1-2H3. The van der Waals surface area contributed by atoms with Crippen LogP contribution < -0.4 is 5.32 Å². The number of aryl methyl sites for hydroxylation is 1. The van der Waals surface area contributed by atoms with Gasteiger partial charge in [-0.3, -0.25) is 4.98 Å². The molecule has 0 aliphatic rings. The highest BCUT2D eigenvalue weighted by molar-refractivity contribution is 5.85. The van der Waals surface area contributed by atoms with Gasteiger partial charge >= 0.3 is 0 Å². The quantitative estimate of drug-likeness (QED) is 0.776. The molecule has 19 heavy (non-hydrogen) atoms. The smallest absolute Gasteiger partial charge is 0.125 e. The van der Waals surface area contributed by atoms with Crippen LogP contribution in [0, 0.1) is 6.92 Å². The second-order valence-corrected chi connectivity index (χ2v) is 4.61. The number of aromatic nitrogens is 1. The molecule has 0 spiro atoms. The van der Waals surface area contributed by atoms with Crippen molar-refractivity contribution in [3.63, 3.8) is 0 Å². The lowest BCUT2D eigenvalue weighted by Crippen LogP contribution is -2.17. The van der Waals surface area contributed by atoms with E-state index in [9.17, 15) is 0 Å². The summed E-state index contributed by atoms with van der Waals surface area (Å²) in [6, 6.07) is 12.4. The van der Waals surface area contributed by atoms with Crippen LogP contribution >= 0.6 is 0 Å². The first-order valence-electron chi connectivity index (χ1n) is 6.36. The van der Waals surface area contributed by atoms with Crippen LogP contribution in [0.4, 0.5) is 0 Å². The van der Waals surface area contributed by atoms with Crippen molar-refractivity contribution in [2.24, 2.45) is 0 Å². The molecule has 1 unspecified atom stereocenters. The molecule has 1 atom stereocenters. The number of pyridine rings is 1. The fourth-order valence-corrected chi connectivity index (χ4v) is 2.46. The van der Waals surface area contributed by atoms with Crippen LogP contribution in [0.3, 0.4) is 0 Å². The summed E-state index contributed by atoms with van der Waals surface area (Å²) in [5.74, 6) is 1.86. The van der Waals surface area contributed by atoms with Crippen LogP contribution in [0.2, 0.25) is 0 Å². The maximum atomic E-state index is 5.76. The molecule has 1 N–H and O–H groups in total. The average molecular weight is 252 g/mol. The van der Waals surface area contributed by atoms with Crippen LogP contribution in [0.5, 0.6) is 0 Å². The summed E-state index contributed by atoms with van der Waals surface area (Å²) in [6.45, 7) is 1.96. The summed E-state index contributed by atoms with van der Waals surface area (Å²) in [5, 5.41) is 5.67. The van der Waals surface area contributed by atoms with Crippen molar-refractivity contribution < 1.29 is 4.42 Å². The van der Waals surface area contributed by atoms with Crippen LogP contribution in [0.15, 0.2) is 53.2 Å². The van der Waals surface area contributed by atoms with Crippen LogP contribution in [-0.4, -0.2) is 12.0 Å². The van der Waals surface area contributed by atoms with Gasteiger partial charge in [0, 0.05) is 17.8 Å². The van der Waals surface area contributed by atoms with E-state index in [0.29, 0.717) is 0 Å². The second kappa shape index (κ2) is 4.86. The van der Waals surface area contributed by atoms with E-state index in [1.807, 2.05) is 44.6 Å². The summed E-state index contributed by atoms with van der Waals surface area (Å²) < 4.78 is 5.76. The largest absolute Gasteiger partial charge is 0.464 e. The monoisotopic (exact) mass is 252 g/mol. The zero-order valence-electron chi connectivity index (χ0n) is 11.1. The lowest BCUT2D eigenvalue weighted by Gasteiger charge is -2.16. The third kappa shape index (κ3) is 2.13. The maximum absolute atomic E-state index is 5.76. The van der Waals surface area contributed by atoms with Crippen molar-refractivity contribution in [1.82, 2.24) is 10.3 Å². The Morgan fingerprint density at radius 3 is 2.79 bits per heavy atom. The van der Waals surface area contributed by atoms with Gasteiger partial charge in [0.25, 0.3) is 0 Å². The molecule has 2 heterocycles. The number of fused-ring (bicyclic) bond motifs is 1. The van der Waals surface area contributed by atoms with E-state index in [1.165, 1.54) is 10.9 Å². The highest BCUT2D eigenvalue weighted by Gasteiger charge is 2.17. The first kappa shape index (κ1) is 11.9. The van der Waals surface area contributed by atoms with Crippen molar-refractivity contribution in [1.29, 1.82) is 0 Å². The van der Waals surface area contributed by atoms with E-state index in [-0.39, 0.29) is 6.04 Å². The molecular weight excluding hydrogens is 236 g/mol. The molecule has 0 fully saturated rings. The van der Waals surface area contributed by atoms with Crippen molar-refractivity contribution in [2.75, 3.05) is 7.05 Å². The van der Waals surface area contributed by atoms with Gasteiger partial charge in [0.15, 0.2) is 0 Å². The third-order valence-electron chi connectivity index (χ3n) is 3.36. The lowest BCUT2D eigenvalue weighted by atomic mass is 9.98. The summed E-state index contributed by atoms with van der Waals surface area (Å²) in [6.07, 6.45) is 3.71. The van der Waals surface area contributed by atoms with Crippen LogP contribution in [-0.2, 0) is 0 Å². The van der Waals surface area contributed by atoms with Crippen LogP contribution in [0.25, 0.3) is 10.8 Å². The summed E-state index contributed by atoms with van der Waals surface area (Å²) in [5.41, 5.74) is 1.21. The van der Waals surface area contributed by atoms with Gasteiger partial charge in [-0.1, -0.05) is 18.2 Å². The number of nitrogens with one attached hydrogen (secondary N) is 1. The minimum absolute atomic E-state index is 0.0554. The molecule has 96 valence electrons. The molecule has 3 aromatic rings. The van der Waals surface area contributed by atoms with Gasteiger partial charge in [-0.05, 0) is 43.1 Å². The minimum atomic E-state index is 0.0554. The zero-order chi connectivity index (χ0) is 13.2. The number of nitrogens with zero attached hydrogens (tertiary/aromatic N) is 1. The topological polar surface area (TPSA) is 38.1 Å². The minimum Gasteiger partial charge on any atom is -0.464 e. The summed E-state index contributed by atoms with van der Waals surface area (Å²) in [7, 11) is 1.95. The molecule has 2 aromatic heterocycles. The van der Waals surface area contributed by atoms with Gasteiger partial charge in [0.1, 0.15) is 11.5 Å². The number of benzene rings is 1. The number of rotatable bonds is 3. The van der Waals surface area contributed by atoms with Gasteiger partial charge in [-0.2, -0.15) is 0 Å². The fourth-order valence-electron chi connectivity index (χ4n) is 2.46. The van der Waals surface area contributed by atoms with Crippen molar-refractivity contribution in [2.45, 2.75) is 13.0 Å². The van der Waals surface area contributed by atoms with Crippen molar-refractivity contribution in [3.8, 4) is 0 Å². The fraction of sp³-hybridized carbons (Fsp3) is 0.188. The Bertz CT molecular complexity index is 697. The van der Waals surface area contributed by atoms with Crippen LogP contribution in [0.1, 0.15) is 23.1 Å². The van der Waals surface area contributed by atoms with Gasteiger partial charge in [-0.25, -0.2) is 0 Å². The molecule has 3 rings (SSSR count). The second-order valence-electron chi connectivity index (χ2n) is 4.61. The normalized spacial score (nSPS) is 12.7. The lowest BCUT2D eigenvalue weighted by molar-refractivity contribution is 0.445. The Balaban J connectivity index is 2.16. The van der Waals surface area contributed by atoms with E-state index in [0.717, 1.165) is 16.9 Å². The molecule has 3 heteroatoms. The Morgan fingerprint density at radius 2 is 2.05 bits per heavy atom.